The predicted molar refractivity (Wildman–Crippen MR) is 79.3 cm³/mol. The maximum atomic E-state index is 6.38. The molecule has 0 saturated carbocycles. The first-order chi connectivity index (χ1) is 8.97. The van der Waals surface area contributed by atoms with E-state index in [4.69, 9.17) is 22.1 Å². The number of rotatable bonds is 4. The van der Waals surface area contributed by atoms with Gasteiger partial charge in [0.2, 0.25) is 0 Å². The molecule has 0 aliphatic carbocycles. The number of aromatic nitrogens is 2. The van der Waals surface area contributed by atoms with Gasteiger partial charge in [0.1, 0.15) is 5.69 Å². The van der Waals surface area contributed by atoms with Gasteiger partial charge in [0.05, 0.1) is 24.4 Å². The van der Waals surface area contributed by atoms with Crippen molar-refractivity contribution in [3.05, 3.63) is 32.7 Å². The maximum Gasteiger partial charge on any atom is 0.161 e. The van der Waals surface area contributed by atoms with E-state index in [9.17, 15) is 0 Å². The number of nitrogens with two attached hydrogens (primary N) is 1. The van der Waals surface area contributed by atoms with E-state index in [1.165, 1.54) is 0 Å². The molecule has 1 atom stereocenters. The Bertz CT molecular complexity index is 576. The smallest absolute Gasteiger partial charge is 0.161 e. The van der Waals surface area contributed by atoms with Gasteiger partial charge in [-0.15, -0.1) is 11.3 Å². The third-order valence-corrected chi connectivity index (χ3v) is 4.81. The number of hydrogen-bond donors (Lipinski definition) is 1. The molecule has 19 heavy (non-hydrogen) atoms. The van der Waals surface area contributed by atoms with Crippen LogP contribution in [0.3, 0.4) is 0 Å². The number of thiophene rings is 1. The highest BCUT2D eigenvalue weighted by molar-refractivity contribution is 7.10. The molecule has 6 heteroatoms. The lowest BCUT2D eigenvalue weighted by Crippen LogP contribution is -2.19. The van der Waals surface area contributed by atoms with Crippen LogP contribution in [0.15, 0.2) is 11.6 Å². The van der Waals surface area contributed by atoms with Gasteiger partial charge in [-0.3, -0.25) is 4.68 Å². The van der Waals surface area contributed by atoms with E-state index in [2.05, 4.69) is 18.9 Å². The van der Waals surface area contributed by atoms with Crippen LogP contribution in [0.5, 0.6) is 5.75 Å². The quantitative estimate of drug-likeness (QED) is 0.939. The van der Waals surface area contributed by atoms with E-state index in [1.54, 1.807) is 24.6 Å². The van der Waals surface area contributed by atoms with Crippen LogP contribution in [0.25, 0.3) is 0 Å². The minimum atomic E-state index is -0.328. The summed E-state index contributed by atoms with van der Waals surface area (Å²) in [5, 5.41) is 7.09. The Morgan fingerprint density at radius 3 is 2.63 bits per heavy atom. The second kappa shape index (κ2) is 5.53. The standard InChI is InChI=1S/C13H18ClN3OS/c1-7(2)17-12(9(18-4)5-16-17)11(15)13-10(14)8(3)6-19-13/h5-7,11H,15H2,1-4H3. The summed E-state index contributed by atoms with van der Waals surface area (Å²) in [5.74, 6) is 0.698. The van der Waals surface area contributed by atoms with Crippen molar-refractivity contribution < 1.29 is 4.74 Å². The number of methoxy groups -OCH3 is 1. The zero-order chi connectivity index (χ0) is 14.2. The molecule has 2 heterocycles. The molecule has 0 amide bonds. The molecule has 2 N–H and O–H groups in total. The Balaban J connectivity index is 2.51. The monoisotopic (exact) mass is 299 g/mol. The first-order valence-corrected chi connectivity index (χ1v) is 7.33. The highest BCUT2D eigenvalue weighted by Gasteiger charge is 2.25. The number of nitrogens with zero attached hydrogens (tertiary/aromatic N) is 2. The van der Waals surface area contributed by atoms with Crippen molar-refractivity contribution in [1.29, 1.82) is 0 Å². The van der Waals surface area contributed by atoms with Gasteiger partial charge in [-0.2, -0.15) is 5.10 Å². The molecule has 2 rings (SSSR count). The zero-order valence-electron chi connectivity index (χ0n) is 11.5. The Kier molecular flexibility index (Phi) is 4.18. The van der Waals surface area contributed by atoms with Crippen molar-refractivity contribution in [2.75, 3.05) is 7.11 Å². The van der Waals surface area contributed by atoms with Crippen molar-refractivity contribution in [1.82, 2.24) is 9.78 Å². The maximum absolute atomic E-state index is 6.38. The van der Waals surface area contributed by atoms with E-state index < -0.39 is 0 Å². The molecule has 104 valence electrons. The molecular formula is C13H18ClN3OS. The van der Waals surface area contributed by atoms with E-state index >= 15 is 0 Å². The number of hydrogen-bond acceptors (Lipinski definition) is 4. The van der Waals surface area contributed by atoms with Gasteiger partial charge >= 0.3 is 0 Å². The molecular weight excluding hydrogens is 282 g/mol. The predicted octanol–water partition coefficient (Wildman–Crippen LogP) is 3.54. The molecule has 0 saturated heterocycles. The zero-order valence-corrected chi connectivity index (χ0v) is 13.0. The Morgan fingerprint density at radius 1 is 1.47 bits per heavy atom. The van der Waals surface area contributed by atoms with Crippen LogP contribution in [-0.2, 0) is 0 Å². The van der Waals surface area contributed by atoms with Gasteiger partial charge in [-0.1, -0.05) is 11.6 Å². The average Bonchev–Trinajstić information content (AvgIpc) is 2.94. The fraction of sp³-hybridized carbons (Fsp3) is 0.462. The molecule has 4 nitrogen and oxygen atoms in total. The molecule has 2 aromatic heterocycles. The van der Waals surface area contributed by atoms with Gasteiger partial charge in [0.25, 0.3) is 0 Å². The van der Waals surface area contributed by atoms with Crippen LogP contribution in [0, 0.1) is 6.92 Å². The molecule has 0 fully saturated rings. The SMILES string of the molecule is COc1cnn(C(C)C)c1C(N)c1scc(C)c1Cl. The molecule has 0 aliphatic rings. The second-order valence-electron chi connectivity index (χ2n) is 4.71. The van der Waals surface area contributed by atoms with Crippen LogP contribution in [0.4, 0.5) is 0 Å². The van der Waals surface area contributed by atoms with Gasteiger partial charge < -0.3 is 10.5 Å². The summed E-state index contributed by atoms with van der Waals surface area (Å²) < 4.78 is 7.25. The summed E-state index contributed by atoms with van der Waals surface area (Å²) >= 11 is 7.88. The Morgan fingerprint density at radius 2 is 2.16 bits per heavy atom. The third kappa shape index (κ3) is 2.50. The molecule has 0 spiro atoms. The Hall–Kier alpha value is -1.04. The van der Waals surface area contributed by atoms with Crippen LogP contribution < -0.4 is 10.5 Å². The van der Waals surface area contributed by atoms with Crippen LogP contribution in [0.2, 0.25) is 5.02 Å². The number of halogens is 1. The summed E-state index contributed by atoms with van der Waals surface area (Å²) in [6.07, 6.45) is 1.70. The lowest BCUT2D eigenvalue weighted by atomic mass is 10.1. The van der Waals surface area contributed by atoms with E-state index in [0.29, 0.717) is 5.75 Å². The summed E-state index contributed by atoms with van der Waals surface area (Å²) in [6, 6.07) is -0.115. The lowest BCUT2D eigenvalue weighted by Gasteiger charge is -2.17. The minimum Gasteiger partial charge on any atom is -0.493 e. The molecule has 0 aliphatic heterocycles. The first-order valence-electron chi connectivity index (χ1n) is 6.07. The van der Waals surface area contributed by atoms with Crippen molar-refractivity contribution in [2.24, 2.45) is 5.73 Å². The first kappa shape index (κ1) is 14.4. The van der Waals surface area contributed by atoms with Crippen LogP contribution in [-0.4, -0.2) is 16.9 Å². The summed E-state index contributed by atoms with van der Waals surface area (Å²) in [7, 11) is 1.62. The molecule has 1 unspecified atom stereocenters. The fourth-order valence-corrected chi connectivity index (χ4v) is 3.32. The third-order valence-electron chi connectivity index (χ3n) is 3.01. The van der Waals surface area contributed by atoms with Crippen molar-refractivity contribution >= 4 is 22.9 Å². The number of aryl methyl sites for hydroxylation is 1. The fourth-order valence-electron chi connectivity index (χ4n) is 2.00. The molecule has 0 aromatic carbocycles. The van der Waals surface area contributed by atoms with Crippen molar-refractivity contribution in [3.8, 4) is 5.75 Å². The second-order valence-corrected chi connectivity index (χ2v) is 6.00. The van der Waals surface area contributed by atoms with Crippen molar-refractivity contribution in [2.45, 2.75) is 32.9 Å². The largest absolute Gasteiger partial charge is 0.493 e. The average molecular weight is 300 g/mol. The highest BCUT2D eigenvalue weighted by Crippen LogP contribution is 2.38. The van der Waals surface area contributed by atoms with E-state index in [0.717, 1.165) is 21.2 Å². The van der Waals surface area contributed by atoms with E-state index in [1.807, 2.05) is 17.0 Å². The molecule has 0 radical (unpaired) electrons. The normalized spacial score (nSPS) is 13.0. The van der Waals surface area contributed by atoms with Gasteiger partial charge in [-0.25, -0.2) is 0 Å². The topological polar surface area (TPSA) is 53.1 Å². The van der Waals surface area contributed by atoms with Crippen LogP contribution in [0.1, 0.15) is 42.1 Å². The Labute approximate surface area is 122 Å². The highest BCUT2D eigenvalue weighted by atomic mass is 35.5. The van der Waals surface area contributed by atoms with E-state index in [-0.39, 0.29) is 12.1 Å². The summed E-state index contributed by atoms with van der Waals surface area (Å²) in [5.41, 5.74) is 8.29. The van der Waals surface area contributed by atoms with Gasteiger partial charge in [0, 0.05) is 10.9 Å². The van der Waals surface area contributed by atoms with Gasteiger partial charge in [-0.05, 0) is 31.7 Å². The number of ether oxygens (including phenoxy) is 1. The molecule has 2 aromatic rings. The molecule has 0 bridgehead atoms. The summed E-state index contributed by atoms with van der Waals surface area (Å²) in [6.45, 7) is 6.10. The van der Waals surface area contributed by atoms with Gasteiger partial charge in [0.15, 0.2) is 5.75 Å². The lowest BCUT2D eigenvalue weighted by molar-refractivity contribution is 0.401. The van der Waals surface area contributed by atoms with Crippen LogP contribution >= 0.6 is 22.9 Å². The van der Waals surface area contributed by atoms with Crippen molar-refractivity contribution in [3.63, 3.8) is 0 Å². The minimum absolute atomic E-state index is 0.213. The summed E-state index contributed by atoms with van der Waals surface area (Å²) in [4.78, 5) is 0.944.